The van der Waals surface area contributed by atoms with Crippen molar-refractivity contribution in [3.8, 4) is 22.9 Å². The van der Waals surface area contributed by atoms with Crippen molar-refractivity contribution in [3.05, 3.63) is 63.8 Å². The van der Waals surface area contributed by atoms with Gasteiger partial charge in [0.15, 0.2) is 5.96 Å². The van der Waals surface area contributed by atoms with E-state index in [1.54, 1.807) is 11.4 Å². The molecular formula is C33H39N7O6S2. The van der Waals surface area contributed by atoms with Gasteiger partial charge in [-0.15, -0.1) is 11.3 Å². The lowest BCUT2D eigenvalue weighted by atomic mass is 9.94. The van der Waals surface area contributed by atoms with Crippen molar-refractivity contribution in [2.45, 2.75) is 56.0 Å². The Morgan fingerprint density at radius 1 is 1.17 bits per heavy atom. The van der Waals surface area contributed by atoms with E-state index >= 15 is 0 Å². The van der Waals surface area contributed by atoms with Gasteiger partial charge in [-0.3, -0.25) is 19.4 Å². The van der Waals surface area contributed by atoms with E-state index < -0.39 is 27.9 Å². The number of likely N-dealkylation sites (tertiary alicyclic amines) is 1. The third kappa shape index (κ3) is 8.62. The lowest BCUT2D eigenvalue weighted by Gasteiger charge is -2.31. The molecule has 1 saturated heterocycles. The molecule has 48 heavy (non-hydrogen) atoms. The first-order valence-corrected chi connectivity index (χ1v) is 18.1. The molecule has 254 valence electrons. The molecule has 15 heteroatoms. The number of carboxylic acids is 1. The van der Waals surface area contributed by atoms with E-state index in [9.17, 15) is 23.1 Å². The normalized spacial score (nSPS) is 15.5. The van der Waals surface area contributed by atoms with Crippen LogP contribution in [0.5, 0.6) is 5.75 Å². The Morgan fingerprint density at radius 3 is 2.69 bits per heavy atom. The van der Waals surface area contributed by atoms with Crippen LogP contribution in [0.3, 0.4) is 0 Å². The van der Waals surface area contributed by atoms with Gasteiger partial charge >= 0.3 is 5.97 Å². The summed E-state index contributed by atoms with van der Waals surface area (Å²) in [5, 5.41) is 22.7. The van der Waals surface area contributed by atoms with E-state index in [0.717, 1.165) is 66.1 Å². The molecule has 0 saturated carbocycles. The predicted molar refractivity (Wildman–Crippen MR) is 183 cm³/mol. The number of aliphatic carboxylic acids is 1. The lowest BCUT2D eigenvalue weighted by molar-refractivity contribution is -0.139. The molecule has 1 atom stereocenters. The van der Waals surface area contributed by atoms with Crippen molar-refractivity contribution in [1.29, 1.82) is 5.26 Å². The monoisotopic (exact) mass is 693 g/mol. The van der Waals surface area contributed by atoms with Crippen LogP contribution in [0.25, 0.3) is 11.1 Å². The zero-order chi connectivity index (χ0) is 34.3. The highest BCUT2D eigenvalue weighted by Gasteiger charge is 2.30. The topological polar surface area (TPSA) is 213 Å². The first-order chi connectivity index (χ1) is 23.0. The third-order valence-corrected chi connectivity index (χ3v) is 10.7. The van der Waals surface area contributed by atoms with Gasteiger partial charge in [-0.05, 0) is 96.6 Å². The smallest absolute Gasteiger partial charge is 0.326 e. The molecule has 3 heterocycles. The molecule has 1 aromatic heterocycles. The van der Waals surface area contributed by atoms with Gasteiger partial charge in [0.05, 0.1) is 18.4 Å². The standard InChI is InChI=1S/C33H39N7O6S2/c34-11-6-21-7-13-40(14-8-21)20-22-3-1-4-23(17-22)25-18-24-9-15-46-29(24)28(19-25)48(44,45)39-26-10-16-47-30(26)31(41)38-27(32(42)43)5-2-12-37-33(35)36/h1,3-4,10,16-19,21,27,39H,2,5-9,12-15,20H2,(H,38,41)(H,42,43)(H4,35,36,37)/t27-/m0/s1. The van der Waals surface area contributed by atoms with Crippen LogP contribution >= 0.6 is 11.3 Å². The summed E-state index contributed by atoms with van der Waals surface area (Å²) in [4.78, 5) is 31.1. The number of benzene rings is 2. The summed E-state index contributed by atoms with van der Waals surface area (Å²) in [6, 6.07) is 14.1. The summed E-state index contributed by atoms with van der Waals surface area (Å²) < 4.78 is 36.1. The van der Waals surface area contributed by atoms with Crippen molar-refractivity contribution in [3.63, 3.8) is 0 Å². The van der Waals surface area contributed by atoms with Gasteiger partial charge in [0.2, 0.25) is 0 Å². The first kappa shape index (κ1) is 34.7. The van der Waals surface area contributed by atoms with Gasteiger partial charge in [-0.2, -0.15) is 5.26 Å². The Bertz CT molecular complexity index is 1820. The average Bonchev–Trinajstić information content (AvgIpc) is 3.72. The highest BCUT2D eigenvalue weighted by molar-refractivity contribution is 7.92. The molecule has 0 unspecified atom stereocenters. The van der Waals surface area contributed by atoms with E-state index in [2.05, 4.69) is 38.1 Å². The van der Waals surface area contributed by atoms with Gasteiger partial charge in [-0.25, -0.2) is 13.2 Å². The Labute approximate surface area is 283 Å². The first-order valence-electron chi connectivity index (χ1n) is 15.7. The molecule has 1 amide bonds. The van der Waals surface area contributed by atoms with E-state index in [-0.39, 0.29) is 40.1 Å². The Kier molecular flexibility index (Phi) is 11.2. The number of amides is 1. The van der Waals surface area contributed by atoms with Crippen LogP contribution in [0.15, 0.2) is 57.7 Å². The van der Waals surface area contributed by atoms with Crippen molar-refractivity contribution >= 4 is 44.9 Å². The van der Waals surface area contributed by atoms with E-state index in [1.807, 2.05) is 18.2 Å². The van der Waals surface area contributed by atoms with Crippen LogP contribution in [0.2, 0.25) is 0 Å². The number of hydrogen-bond donors (Lipinski definition) is 5. The van der Waals surface area contributed by atoms with Gasteiger partial charge in [0.25, 0.3) is 15.9 Å². The summed E-state index contributed by atoms with van der Waals surface area (Å²) in [5.41, 5.74) is 14.1. The molecule has 0 aliphatic carbocycles. The van der Waals surface area contributed by atoms with Crippen molar-refractivity contribution < 1.29 is 27.9 Å². The minimum Gasteiger partial charge on any atom is -0.492 e. The summed E-state index contributed by atoms with van der Waals surface area (Å²) in [7, 11) is -4.24. The molecule has 3 aromatic rings. The number of fused-ring (bicyclic) bond motifs is 1. The van der Waals surface area contributed by atoms with Crippen LogP contribution in [-0.2, 0) is 27.8 Å². The number of nitrogens with two attached hydrogens (primary N) is 2. The molecule has 0 spiro atoms. The number of aliphatic imine (C=N–C) groups is 1. The molecule has 2 aliphatic heterocycles. The van der Waals surface area contributed by atoms with E-state index in [0.29, 0.717) is 31.8 Å². The van der Waals surface area contributed by atoms with Gasteiger partial charge < -0.3 is 26.6 Å². The van der Waals surface area contributed by atoms with Crippen LogP contribution in [0, 0.1) is 17.2 Å². The number of anilines is 1. The quantitative estimate of drug-likeness (QED) is 0.0941. The molecule has 5 rings (SSSR count). The van der Waals surface area contributed by atoms with E-state index in [1.165, 1.54) is 6.07 Å². The summed E-state index contributed by atoms with van der Waals surface area (Å²) >= 11 is 0.987. The minimum absolute atomic E-state index is 0.0205. The number of nitrogens with one attached hydrogen (secondary N) is 2. The molecular weight excluding hydrogens is 655 g/mol. The number of nitrogens with zero attached hydrogens (tertiary/aromatic N) is 3. The average molecular weight is 694 g/mol. The summed E-state index contributed by atoms with van der Waals surface area (Å²) in [6.45, 7) is 3.16. The second-order valence-electron chi connectivity index (χ2n) is 11.9. The number of guanidine groups is 1. The number of hydrogen-bond acceptors (Lipinski definition) is 9. The van der Waals surface area contributed by atoms with Crippen molar-refractivity contribution in [2.24, 2.45) is 22.4 Å². The highest BCUT2D eigenvalue weighted by atomic mass is 32.2. The van der Waals surface area contributed by atoms with Gasteiger partial charge in [-0.1, -0.05) is 18.2 Å². The molecule has 13 nitrogen and oxygen atoms in total. The number of thiophene rings is 1. The number of carbonyl (C=O) groups is 2. The highest BCUT2D eigenvalue weighted by Crippen LogP contribution is 2.39. The SMILES string of the molecule is N#CCC1CCN(Cc2cccc(-c3cc4c(c(S(=O)(=O)Nc5ccsc5C(=O)N[C@@H](CCCN=C(N)N)C(=O)O)c3)OCC4)c2)CC1. The zero-order valence-electron chi connectivity index (χ0n) is 26.4. The second kappa shape index (κ2) is 15.5. The summed E-state index contributed by atoms with van der Waals surface area (Å²) in [5.74, 6) is -1.35. The number of carbonyl (C=O) groups excluding carboxylic acids is 1. The fraction of sp³-hybridized carbons (Fsp3) is 0.394. The molecule has 0 radical (unpaired) electrons. The fourth-order valence-corrected chi connectivity index (χ4v) is 8.08. The van der Waals surface area contributed by atoms with Crippen LogP contribution in [0.1, 0.15) is 52.9 Å². The number of piperidine rings is 1. The lowest BCUT2D eigenvalue weighted by Crippen LogP contribution is -2.40. The molecule has 7 N–H and O–H groups in total. The maximum atomic E-state index is 13.9. The zero-order valence-corrected chi connectivity index (χ0v) is 28.0. The maximum Gasteiger partial charge on any atom is 0.326 e. The number of carboxylic acid groups (broad SMARTS) is 1. The van der Waals surface area contributed by atoms with E-state index in [4.69, 9.17) is 21.5 Å². The largest absolute Gasteiger partial charge is 0.492 e. The molecule has 2 aromatic carbocycles. The van der Waals surface area contributed by atoms with Gasteiger partial charge in [0, 0.05) is 25.9 Å². The van der Waals surface area contributed by atoms with Gasteiger partial charge in [0.1, 0.15) is 21.6 Å². The predicted octanol–water partition coefficient (Wildman–Crippen LogP) is 3.51. The fourth-order valence-electron chi connectivity index (χ4n) is 5.97. The third-order valence-electron chi connectivity index (χ3n) is 8.46. The van der Waals surface area contributed by atoms with Crippen LogP contribution in [-0.4, -0.2) is 68.5 Å². The Balaban J connectivity index is 1.33. The maximum absolute atomic E-state index is 13.9. The molecule has 1 fully saturated rings. The molecule has 0 bridgehead atoms. The van der Waals surface area contributed by atoms with Crippen LogP contribution < -0.4 is 26.2 Å². The van der Waals surface area contributed by atoms with Crippen molar-refractivity contribution in [2.75, 3.05) is 31.0 Å². The summed E-state index contributed by atoms with van der Waals surface area (Å²) in [6.07, 6.45) is 3.53. The minimum atomic E-state index is -4.24. The Morgan fingerprint density at radius 2 is 1.96 bits per heavy atom. The number of nitriles is 1. The molecule has 2 aliphatic rings. The number of rotatable bonds is 14. The van der Waals surface area contributed by atoms with Crippen LogP contribution in [0.4, 0.5) is 5.69 Å². The number of sulfonamides is 1. The van der Waals surface area contributed by atoms with Crippen molar-refractivity contribution in [1.82, 2.24) is 10.2 Å². The Hall–Kier alpha value is -4.65. The number of ether oxygens (including phenoxy) is 1. The second-order valence-corrected chi connectivity index (χ2v) is 14.5.